The molecule has 0 radical (unpaired) electrons. The fourth-order valence-corrected chi connectivity index (χ4v) is 2.70. The van der Waals surface area contributed by atoms with Crippen LogP contribution >= 0.6 is 0 Å². The van der Waals surface area contributed by atoms with Crippen LogP contribution in [-0.4, -0.2) is 49.6 Å². The minimum absolute atomic E-state index is 0.0915. The number of nitrogens with zero attached hydrogens (tertiary/aromatic N) is 2. The first-order chi connectivity index (χ1) is 9.74. The van der Waals surface area contributed by atoms with Gasteiger partial charge in [0.05, 0.1) is 5.75 Å². The lowest BCUT2D eigenvalue weighted by Crippen LogP contribution is -2.37. The van der Waals surface area contributed by atoms with Crippen molar-refractivity contribution in [3.63, 3.8) is 0 Å². The van der Waals surface area contributed by atoms with Crippen molar-refractivity contribution >= 4 is 15.9 Å². The molecule has 1 aromatic rings. The second kappa shape index (κ2) is 7.61. The Morgan fingerprint density at radius 2 is 1.81 bits per heavy atom. The number of carbonyl (C=O) groups excluding carboxylic acids is 1. The van der Waals surface area contributed by atoms with Crippen molar-refractivity contribution in [2.45, 2.75) is 26.3 Å². The zero-order valence-electron chi connectivity index (χ0n) is 13.1. The van der Waals surface area contributed by atoms with E-state index in [1.165, 1.54) is 14.1 Å². The van der Waals surface area contributed by atoms with Crippen molar-refractivity contribution in [1.29, 1.82) is 0 Å². The molecule has 1 N–H and O–H groups in total. The highest BCUT2D eigenvalue weighted by atomic mass is 32.2. The van der Waals surface area contributed by atoms with Crippen molar-refractivity contribution in [2.75, 3.05) is 26.4 Å². The van der Waals surface area contributed by atoms with Gasteiger partial charge in [-0.05, 0) is 24.5 Å². The monoisotopic (exact) mass is 315 g/mol. The molecule has 0 saturated carbocycles. The van der Waals surface area contributed by atoms with Gasteiger partial charge >= 0.3 is 0 Å². The third-order valence-electron chi connectivity index (χ3n) is 3.20. The number of hydrogen-bond acceptors (Lipinski definition) is 3. The summed E-state index contributed by atoms with van der Waals surface area (Å²) in [7, 11) is -0.315. The summed E-state index contributed by atoms with van der Waals surface area (Å²) in [6.07, 6.45) is 4.41. The zero-order chi connectivity index (χ0) is 16.0. The van der Waals surface area contributed by atoms with Gasteiger partial charge in [-0.2, -0.15) is 0 Å². The molecule has 120 valence electrons. The molecular weight excluding hydrogens is 290 g/mol. The molecule has 0 aromatic carbocycles. The van der Waals surface area contributed by atoms with Crippen LogP contribution in [0.1, 0.15) is 26.3 Å². The lowest BCUT2D eigenvalue weighted by atomic mass is 10.0. The molecule has 1 rings (SSSR count). The Kier molecular flexibility index (Phi) is 6.42. The summed E-state index contributed by atoms with van der Waals surface area (Å²) in [5, 5.41) is 2.72. The van der Waals surface area contributed by atoms with Gasteiger partial charge in [-0.15, -0.1) is 0 Å². The number of rotatable bonds is 8. The smallest absolute Gasteiger partial charge is 0.243 e. The van der Waals surface area contributed by atoms with E-state index < -0.39 is 10.0 Å². The second-order valence-corrected chi connectivity index (χ2v) is 7.97. The highest BCUT2D eigenvalue weighted by Crippen LogP contribution is 2.18. The van der Waals surface area contributed by atoms with E-state index in [0.29, 0.717) is 12.3 Å². The third-order valence-corrected chi connectivity index (χ3v) is 5.03. The van der Waals surface area contributed by atoms with Crippen LogP contribution in [0.25, 0.3) is 0 Å². The number of amides is 1. The molecule has 0 aliphatic heterocycles. The Morgan fingerprint density at radius 1 is 1.24 bits per heavy atom. The predicted octanol–water partition coefficient (Wildman–Crippen LogP) is 1.08. The van der Waals surface area contributed by atoms with Gasteiger partial charge in [-0.3, -0.25) is 4.79 Å². The fraction of sp³-hybridized carbons (Fsp3) is 0.643. The molecule has 1 atom stereocenters. The Morgan fingerprint density at radius 3 is 2.29 bits per heavy atom. The maximum atomic E-state index is 12.3. The van der Waals surface area contributed by atoms with Crippen LogP contribution in [0, 0.1) is 5.92 Å². The Labute approximate surface area is 127 Å². The number of aromatic nitrogens is 1. The largest absolute Gasteiger partial charge is 0.353 e. The first-order valence-corrected chi connectivity index (χ1v) is 8.65. The number of carbonyl (C=O) groups is 1. The van der Waals surface area contributed by atoms with Crippen LogP contribution in [0.3, 0.4) is 0 Å². The van der Waals surface area contributed by atoms with E-state index in [0.717, 1.165) is 4.31 Å². The average molecular weight is 315 g/mol. The third kappa shape index (κ3) is 5.51. The minimum Gasteiger partial charge on any atom is -0.353 e. The normalized spacial score (nSPS) is 13.6. The molecule has 6 nitrogen and oxygen atoms in total. The van der Waals surface area contributed by atoms with Crippen molar-refractivity contribution in [3.05, 3.63) is 24.5 Å². The standard InChI is InChI=1S/C14H25N3O3S/c1-12(2)11-13(17-8-5-6-9-17)14(18)15-7-10-21(19,20)16(3)4/h5-6,8-9,12-13H,7,10-11H2,1-4H3,(H,15,18)/t13-/m1/s1. The van der Waals surface area contributed by atoms with E-state index in [1.54, 1.807) is 0 Å². The molecule has 0 aliphatic rings. The zero-order valence-corrected chi connectivity index (χ0v) is 13.9. The maximum absolute atomic E-state index is 12.3. The molecule has 21 heavy (non-hydrogen) atoms. The molecular formula is C14H25N3O3S. The fourth-order valence-electron chi connectivity index (χ4n) is 1.97. The average Bonchev–Trinajstić information content (AvgIpc) is 2.88. The predicted molar refractivity (Wildman–Crippen MR) is 83.4 cm³/mol. The Bertz CT molecular complexity index is 536. The van der Waals surface area contributed by atoms with Crippen LogP contribution in [0.2, 0.25) is 0 Å². The van der Waals surface area contributed by atoms with Gasteiger partial charge in [-0.1, -0.05) is 13.8 Å². The quantitative estimate of drug-likeness (QED) is 0.780. The number of sulfonamides is 1. The van der Waals surface area contributed by atoms with Crippen LogP contribution in [0.5, 0.6) is 0 Å². The first-order valence-electron chi connectivity index (χ1n) is 7.04. The summed E-state index contributed by atoms with van der Waals surface area (Å²) >= 11 is 0. The summed E-state index contributed by atoms with van der Waals surface area (Å²) in [6, 6.07) is 3.44. The van der Waals surface area contributed by atoms with Gasteiger partial charge in [0.2, 0.25) is 15.9 Å². The van der Waals surface area contributed by atoms with Crippen LogP contribution in [0.15, 0.2) is 24.5 Å². The molecule has 0 bridgehead atoms. The van der Waals surface area contributed by atoms with Gasteiger partial charge in [-0.25, -0.2) is 12.7 Å². The van der Waals surface area contributed by atoms with Crippen molar-refractivity contribution in [2.24, 2.45) is 5.92 Å². The van der Waals surface area contributed by atoms with Crippen LogP contribution in [-0.2, 0) is 14.8 Å². The molecule has 1 amide bonds. The molecule has 1 aromatic heterocycles. The lowest BCUT2D eigenvalue weighted by molar-refractivity contribution is -0.124. The van der Waals surface area contributed by atoms with Crippen molar-refractivity contribution < 1.29 is 13.2 Å². The second-order valence-electron chi connectivity index (χ2n) is 5.67. The Balaban J connectivity index is 2.62. The number of hydrogen-bond donors (Lipinski definition) is 1. The molecule has 7 heteroatoms. The highest BCUT2D eigenvalue weighted by molar-refractivity contribution is 7.89. The van der Waals surface area contributed by atoms with E-state index in [1.807, 2.05) is 29.1 Å². The molecule has 1 heterocycles. The molecule has 0 saturated heterocycles. The summed E-state index contributed by atoms with van der Waals surface area (Å²) in [5.74, 6) is 0.133. The van der Waals surface area contributed by atoms with Crippen molar-refractivity contribution in [1.82, 2.24) is 14.2 Å². The molecule has 0 fully saturated rings. The summed E-state index contributed by atoms with van der Waals surface area (Å²) in [4.78, 5) is 12.3. The van der Waals surface area contributed by atoms with E-state index in [4.69, 9.17) is 0 Å². The van der Waals surface area contributed by atoms with Crippen LogP contribution in [0.4, 0.5) is 0 Å². The van der Waals surface area contributed by atoms with E-state index >= 15 is 0 Å². The minimum atomic E-state index is -3.28. The van der Waals surface area contributed by atoms with Gasteiger partial charge in [0.15, 0.2) is 0 Å². The lowest BCUT2D eigenvalue weighted by Gasteiger charge is -2.20. The van der Waals surface area contributed by atoms with Gasteiger partial charge in [0, 0.05) is 33.0 Å². The summed E-state index contributed by atoms with van der Waals surface area (Å²) < 4.78 is 26.3. The van der Waals surface area contributed by atoms with Crippen molar-refractivity contribution in [3.8, 4) is 0 Å². The van der Waals surface area contributed by atoms with Gasteiger partial charge in [0.1, 0.15) is 6.04 Å². The molecule has 0 unspecified atom stereocenters. The number of nitrogens with one attached hydrogen (secondary N) is 1. The van der Waals surface area contributed by atoms with E-state index in [9.17, 15) is 13.2 Å². The molecule has 0 spiro atoms. The van der Waals surface area contributed by atoms with Crippen LogP contribution < -0.4 is 5.32 Å². The SMILES string of the molecule is CC(C)C[C@H](C(=O)NCCS(=O)(=O)N(C)C)n1cccc1. The van der Waals surface area contributed by atoms with E-state index in [2.05, 4.69) is 19.2 Å². The van der Waals surface area contributed by atoms with Gasteiger partial charge < -0.3 is 9.88 Å². The topological polar surface area (TPSA) is 71.4 Å². The summed E-state index contributed by atoms with van der Waals surface area (Å²) in [6.45, 7) is 4.23. The molecule has 0 aliphatic carbocycles. The van der Waals surface area contributed by atoms with Gasteiger partial charge in [0.25, 0.3) is 0 Å². The highest BCUT2D eigenvalue weighted by Gasteiger charge is 2.21. The first kappa shape index (κ1) is 17.7. The summed E-state index contributed by atoms with van der Waals surface area (Å²) in [5.41, 5.74) is 0. The van der Waals surface area contributed by atoms with E-state index in [-0.39, 0.29) is 24.2 Å². The Hall–Kier alpha value is -1.34. The maximum Gasteiger partial charge on any atom is 0.243 e.